The fraction of sp³-hybridized carbons (Fsp3) is 0.0952. The van der Waals surface area contributed by atoms with Gasteiger partial charge in [0, 0.05) is 33.9 Å². The highest BCUT2D eigenvalue weighted by Gasteiger charge is 2.19. The molecular weight excluding hydrogens is 517 g/mol. The molecule has 0 saturated heterocycles. The first-order valence-electron chi connectivity index (χ1n) is 9.08. The van der Waals surface area contributed by atoms with Gasteiger partial charge in [0.1, 0.15) is 16.5 Å². The Balaban J connectivity index is 1.63. The first-order valence-corrected chi connectivity index (χ1v) is 11.6. The van der Waals surface area contributed by atoms with Crippen molar-refractivity contribution in [1.29, 1.82) is 0 Å². The van der Waals surface area contributed by atoms with Crippen LogP contribution >= 0.6 is 58.2 Å². The van der Waals surface area contributed by atoms with E-state index in [2.05, 4.69) is 10.2 Å². The molecule has 0 spiro atoms. The highest BCUT2D eigenvalue weighted by molar-refractivity contribution is 7.99. The van der Waals surface area contributed by atoms with Crippen molar-refractivity contribution >= 4 is 75.1 Å². The average molecular weight is 530 g/mol. The van der Waals surface area contributed by atoms with Crippen molar-refractivity contribution in [3.63, 3.8) is 0 Å². The van der Waals surface area contributed by atoms with Crippen LogP contribution in [-0.2, 0) is 0 Å². The molecule has 1 aromatic heterocycles. The third-order valence-corrected chi connectivity index (χ3v) is 7.08. The second kappa shape index (κ2) is 9.45. The maximum absolute atomic E-state index is 13.4. The van der Waals surface area contributed by atoms with Crippen molar-refractivity contribution in [2.75, 3.05) is 17.8 Å². The fourth-order valence-electron chi connectivity index (χ4n) is 2.95. The van der Waals surface area contributed by atoms with Crippen molar-refractivity contribution in [3.05, 3.63) is 85.0 Å². The Bertz CT molecular complexity index is 1340. The lowest BCUT2D eigenvalue weighted by atomic mass is 10.1. The molecule has 0 saturated carbocycles. The van der Waals surface area contributed by atoms with Gasteiger partial charge in [-0.2, -0.15) is 14.9 Å². The van der Waals surface area contributed by atoms with Gasteiger partial charge in [0.05, 0.1) is 28.2 Å². The number of halogens is 5. The lowest BCUT2D eigenvalue weighted by Crippen LogP contribution is -2.24. The molecule has 32 heavy (non-hydrogen) atoms. The first-order chi connectivity index (χ1) is 15.3. The molecule has 2 heterocycles. The predicted molar refractivity (Wildman–Crippen MR) is 132 cm³/mol. The Labute approximate surface area is 207 Å². The molecule has 5 nitrogen and oxygen atoms in total. The van der Waals surface area contributed by atoms with Gasteiger partial charge in [-0.1, -0.05) is 46.4 Å². The smallest absolute Gasteiger partial charge is 0.266 e. The quantitative estimate of drug-likeness (QED) is 0.285. The van der Waals surface area contributed by atoms with E-state index in [4.69, 9.17) is 46.4 Å². The number of hydrogen-bond donors (Lipinski definition) is 0. The third-order valence-electron chi connectivity index (χ3n) is 4.63. The number of fused-ring (bicyclic) bond motifs is 1. The lowest BCUT2D eigenvalue weighted by molar-refractivity contribution is 0.627. The minimum Gasteiger partial charge on any atom is -0.266 e. The molecule has 0 radical (unpaired) electrons. The van der Waals surface area contributed by atoms with Crippen molar-refractivity contribution in [3.8, 4) is 5.69 Å². The van der Waals surface area contributed by atoms with Crippen molar-refractivity contribution < 1.29 is 4.39 Å². The zero-order valence-electron chi connectivity index (χ0n) is 16.3. The second-order valence-electron chi connectivity index (χ2n) is 6.70. The van der Waals surface area contributed by atoms with Gasteiger partial charge in [0.2, 0.25) is 0 Å². The average Bonchev–Trinajstić information content (AvgIpc) is 2.77. The van der Waals surface area contributed by atoms with Crippen LogP contribution in [0.5, 0.6) is 0 Å². The van der Waals surface area contributed by atoms with Gasteiger partial charge in [-0.05, 0) is 36.4 Å². The van der Waals surface area contributed by atoms with E-state index in [0.29, 0.717) is 21.5 Å². The van der Waals surface area contributed by atoms with E-state index >= 15 is 0 Å². The Morgan fingerprint density at radius 1 is 1.19 bits per heavy atom. The van der Waals surface area contributed by atoms with E-state index in [9.17, 15) is 9.18 Å². The molecule has 1 aliphatic rings. The van der Waals surface area contributed by atoms with Crippen LogP contribution in [-0.4, -0.2) is 28.8 Å². The summed E-state index contributed by atoms with van der Waals surface area (Å²) in [5, 5.41) is 10.8. The molecule has 164 valence electrons. The van der Waals surface area contributed by atoms with Crippen LogP contribution in [0.25, 0.3) is 10.7 Å². The van der Waals surface area contributed by atoms with Crippen LogP contribution in [0, 0.1) is 5.82 Å². The molecule has 0 aliphatic carbocycles. The van der Waals surface area contributed by atoms with Gasteiger partial charge in [-0.15, -0.1) is 11.8 Å². The molecule has 0 amide bonds. The van der Waals surface area contributed by atoms with Crippen LogP contribution in [0.4, 0.5) is 10.1 Å². The number of benzene rings is 2. The summed E-state index contributed by atoms with van der Waals surface area (Å²) in [7, 11) is 1.63. The minimum absolute atomic E-state index is 0.102. The molecule has 0 unspecified atom stereocenters. The summed E-state index contributed by atoms with van der Waals surface area (Å²) in [5.41, 5.74) is 1.63. The third kappa shape index (κ3) is 4.54. The summed E-state index contributed by atoms with van der Waals surface area (Å²) in [6.07, 6.45) is 3.00. The molecule has 4 rings (SSSR count). The molecule has 0 atom stereocenters. The number of anilines is 1. The summed E-state index contributed by atoms with van der Waals surface area (Å²) in [4.78, 5) is 13.8. The monoisotopic (exact) mass is 528 g/mol. The van der Waals surface area contributed by atoms with Gasteiger partial charge < -0.3 is 0 Å². The number of aromatic nitrogens is 2. The van der Waals surface area contributed by atoms with E-state index in [-0.39, 0.29) is 15.7 Å². The maximum Gasteiger partial charge on any atom is 0.292 e. The minimum atomic E-state index is -0.598. The van der Waals surface area contributed by atoms with Gasteiger partial charge in [0.15, 0.2) is 0 Å². The van der Waals surface area contributed by atoms with E-state index < -0.39 is 11.4 Å². The Hall–Kier alpha value is -2.03. The highest BCUT2D eigenvalue weighted by Crippen LogP contribution is 2.40. The summed E-state index contributed by atoms with van der Waals surface area (Å²) >= 11 is 26.4. The molecule has 2 aromatic carbocycles. The van der Waals surface area contributed by atoms with Gasteiger partial charge in [-0.25, -0.2) is 4.39 Å². The second-order valence-corrected chi connectivity index (χ2v) is 9.31. The fourth-order valence-corrected chi connectivity index (χ4v) is 4.97. The molecule has 11 heteroatoms. The standard InChI is InChI=1S/C21H13Cl4FN4OS/c1-29(27-8-11-10-32-18-5-2-12(22)6-14(18)19(11)24)17-9-28-30(21(31)20(17)25)13-3-4-16(26)15(23)7-13/h2-9H,10H2,1H3/b27-8-. The highest BCUT2D eigenvalue weighted by atomic mass is 35.5. The normalized spacial score (nSPS) is 13.6. The summed E-state index contributed by atoms with van der Waals surface area (Å²) in [6, 6.07) is 9.39. The van der Waals surface area contributed by atoms with E-state index in [1.165, 1.54) is 23.3 Å². The zero-order chi connectivity index (χ0) is 23.0. The predicted octanol–water partition coefficient (Wildman–Crippen LogP) is 6.51. The van der Waals surface area contributed by atoms with Crippen molar-refractivity contribution in [2.45, 2.75) is 4.90 Å². The first kappa shape index (κ1) is 23.1. The number of nitrogens with zero attached hydrogens (tertiary/aromatic N) is 4. The van der Waals surface area contributed by atoms with E-state index in [1.807, 2.05) is 18.2 Å². The van der Waals surface area contributed by atoms with Crippen molar-refractivity contribution in [1.82, 2.24) is 9.78 Å². The summed E-state index contributed by atoms with van der Waals surface area (Å²) < 4.78 is 14.5. The summed E-state index contributed by atoms with van der Waals surface area (Å²) in [6.45, 7) is 0. The van der Waals surface area contributed by atoms with Gasteiger partial charge in [0.25, 0.3) is 5.56 Å². The number of hydrazone groups is 1. The van der Waals surface area contributed by atoms with Crippen LogP contribution in [0.2, 0.25) is 15.1 Å². The Kier molecular flexibility index (Phi) is 6.83. The SMILES string of the molecule is CN(/N=C\C1=C(Cl)c2cc(Cl)ccc2SC1)c1cnn(-c2ccc(F)c(Cl)c2)c(=O)c1Cl. The molecule has 0 fully saturated rings. The van der Waals surface area contributed by atoms with Gasteiger partial charge in [-0.3, -0.25) is 9.80 Å². The zero-order valence-corrected chi connectivity index (χ0v) is 20.2. The van der Waals surface area contributed by atoms with E-state index in [0.717, 1.165) is 26.8 Å². The lowest BCUT2D eigenvalue weighted by Gasteiger charge is -2.19. The Morgan fingerprint density at radius 3 is 2.72 bits per heavy atom. The number of rotatable bonds is 4. The molecule has 3 aromatic rings. The molecular formula is C21H13Cl4FN4OS. The largest absolute Gasteiger partial charge is 0.292 e. The van der Waals surface area contributed by atoms with Crippen molar-refractivity contribution in [2.24, 2.45) is 5.10 Å². The van der Waals surface area contributed by atoms with Crippen LogP contribution in [0.15, 0.2) is 63.0 Å². The summed E-state index contributed by atoms with van der Waals surface area (Å²) in [5.74, 6) is 0.0305. The van der Waals surface area contributed by atoms with Gasteiger partial charge >= 0.3 is 0 Å². The van der Waals surface area contributed by atoms with Crippen LogP contribution in [0.3, 0.4) is 0 Å². The maximum atomic E-state index is 13.4. The number of thioether (sulfide) groups is 1. The molecule has 0 N–H and O–H groups in total. The topological polar surface area (TPSA) is 50.5 Å². The van der Waals surface area contributed by atoms with Crippen LogP contribution in [0.1, 0.15) is 5.56 Å². The molecule has 1 aliphatic heterocycles. The van der Waals surface area contributed by atoms with E-state index in [1.54, 1.807) is 25.0 Å². The Morgan fingerprint density at radius 2 is 1.97 bits per heavy atom. The van der Waals surface area contributed by atoms with Crippen LogP contribution < -0.4 is 10.6 Å². The number of hydrogen-bond acceptors (Lipinski definition) is 5. The molecule has 0 bridgehead atoms.